The van der Waals surface area contributed by atoms with Gasteiger partial charge in [0.25, 0.3) is 0 Å². The summed E-state index contributed by atoms with van der Waals surface area (Å²) in [5, 5.41) is 1.46. The second kappa shape index (κ2) is 4.90. The zero-order valence-corrected chi connectivity index (χ0v) is 9.99. The zero-order chi connectivity index (χ0) is 11.6. The van der Waals surface area contributed by atoms with Gasteiger partial charge in [-0.25, -0.2) is 8.78 Å². The maximum absolute atomic E-state index is 13.2. The van der Waals surface area contributed by atoms with Crippen LogP contribution in [-0.4, -0.2) is 11.3 Å². The molecule has 0 aromatic heterocycles. The number of halogens is 4. The molecule has 0 radical (unpaired) electrons. The zero-order valence-electron chi connectivity index (χ0n) is 7.65. The Hall–Kier alpha value is -0.680. The van der Waals surface area contributed by atoms with Crippen LogP contribution < -0.4 is 5.32 Å². The first-order valence-corrected chi connectivity index (χ1v) is 5.24. The molecule has 0 aliphatic heterocycles. The summed E-state index contributed by atoms with van der Waals surface area (Å²) >= 11 is 8.43. The normalized spacial score (nSPS) is 12.3. The van der Waals surface area contributed by atoms with Gasteiger partial charge in [0.05, 0.1) is 5.69 Å². The van der Waals surface area contributed by atoms with Gasteiger partial charge in [0.15, 0.2) is 5.82 Å². The van der Waals surface area contributed by atoms with E-state index in [9.17, 15) is 13.6 Å². The lowest BCUT2D eigenvalue weighted by Gasteiger charge is -2.09. The second-order valence-electron chi connectivity index (χ2n) is 2.85. The molecular weight excluding hydrogens is 291 g/mol. The van der Waals surface area contributed by atoms with Crippen LogP contribution in [-0.2, 0) is 4.79 Å². The van der Waals surface area contributed by atoms with Crippen LogP contribution in [0.3, 0.4) is 0 Å². The summed E-state index contributed by atoms with van der Waals surface area (Å²) < 4.78 is 26.0. The average molecular weight is 299 g/mol. The molecule has 0 bridgehead atoms. The SMILES string of the molecule is C[C@H](Cl)C(=O)Nc1c(F)cc(F)cc1Br. The van der Waals surface area contributed by atoms with E-state index in [1.807, 2.05) is 0 Å². The van der Waals surface area contributed by atoms with E-state index >= 15 is 0 Å². The highest BCUT2D eigenvalue weighted by molar-refractivity contribution is 9.10. The average Bonchev–Trinajstić information content (AvgIpc) is 2.10. The molecule has 1 aromatic rings. The molecule has 15 heavy (non-hydrogen) atoms. The number of anilines is 1. The molecule has 0 aliphatic carbocycles. The van der Waals surface area contributed by atoms with Gasteiger partial charge in [0.1, 0.15) is 11.2 Å². The van der Waals surface area contributed by atoms with E-state index in [-0.39, 0.29) is 10.2 Å². The molecule has 0 unspecified atom stereocenters. The number of alkyl halides is 1. The third-order valence-corrected chi connectivity index (χ3v) is 2.44. The molecule has 2 nitrogen and oxygen atoms in total. The molecule has 0 aliphatic rings. The van der Waals surface area contributed by atoms with Gasteiger partial charge < -0.3 is 5.32 Å². The molecule has 1 rings (SSSR count). The second-order valence-corrected chi connectivity index (χ2v) is 4.36. The monoisotopic (exact) mass is 297 g/mol. The van der Waals surface area contributed by atoms with E-state index in [1.165, 1.54) is 6.92 Å². The topological polar surface area (TPSA) is 29.1 Å². The van der Waals surface area contributed by atoms with Crippen molar-refractivity contribution in [3.8, 4) is 0 Å². The fourth-order valence-corrected chi connectivity index (χ4v) is 1.45. The van der Waals surface area contributed by atoms with Gasteiger partial charge in [-0.3, -0.25) is 4.79 Å². The third kappa shape index (κ3) is 3.14. The molecule has 0 fully saturated rings. The maximum atomic E-state index is 13.2. The van der Waals surface area contributed by atoms with Crippen molar-refractivity contribution in [3.63, 3.8) is 0 Å². The van der Waals surface area contributed by atoms with Gasteiger partial charge in [-0.1, -0.05) is 0 Å². The van der Waals surface area contributed by atoms with Crippen molar-refractivity contribution in [3.05, 3.63) is 28.2 Å². The van der Waals surface area contributed by atoms with Crippen LogP contribution in [0.2, 0.25) is 0 Å². The van der Waals surface area contributed by atoms with Gasteiger partial charge >= 0.3 is 0 Å². The fraction of sp³-hybridized carbons (Fsp3) is 0.222. The maximum Gasteiger partial charge on any atom is 0.242 e. The molecule has 1 amide bonds. The number of amides is 1. The number of hydrogen-bond acceptors (Lipinski definition) is 1. The summed E-state index contributed by atoms with van der Waals surface area (Å²) in [7, 11) is 0. The fourth-order valence-electron chi connectivity index (χ4n) is 0.884. The number of benzene rings is 1. The Labute approximate surface area is 98.7 Å². The lowest BCUT2D eigenvalue weighted by atomic mass is 10.3. The van der Waals surface area contributed by atoms with Gasteiger partial charge in [0, 0.05) is 10.5 Å². The quantitative estimate of drug-likeness (QED) is 0.834. The van der Waals surface area contributed by atoms with E-state index in [0.717, 1.165) is 6.07 Å². The van der Waals surface area contributed by atoms with E-state index < -0.39 is 22.9 Å². The first-order valence-electron chi connectivity index (χ1n) is 4.01. The van der Waals surface area contributed by atoms with Crippen LogP contribution in [0.5, 0.6) is 0 Å². The number of carbonyl (C=O) groups is 1. The lowest BCUT2D eigenvalue weighted by molar-refractivity contribution is -0.115. The van der Waals surface area contributed by atoms with Gasteiger partial charge in [-0.05, 0) is 28.9 Å². The van der Waals surface area contributed by atoms with Crippen molar-refractivity contribution in [2.75, 3.05) is 5.32 Å². The first kappa shape index (κ1) is 12.4. The number of carbonyl (C=O) groups excluding carboxylic acids is 1. The van der Waals surface area contributed by atoms with Crippen molar-refractivity contribution < 1.29 is 13.6 Å². The molecule has 0 saturated carbocycles. The van der Waals surface area contributed by atoms with Crippen LogP contribution in [0.4, 0.5) is 14.5 Å². The number of nitrogens with one attached hydrogen (secondary N) is 1. The minimum absolute atomic E-state index is 0.117. The Balaban J connectivity index is 3.00. The van der Waals surface area contributed by atoms with Crippen LogP contribution >= 0.6 is 27.5 Å². The minimum atomic E-state index is -0.854. The number of rotatable bonds is 2. The summed E-state index contributed by atoms with van der Waals surface area (Å²) in [6, 6.07) is 1.73. The number of hydrogen-bond donors (Lipinski definition) is 1. The van der Waals surface area contributed by atoms with Crippen molar-refractivity contribution in [2.45, 2.75) is 12.3 Å². The van der Waals surface area contributed by atoms with Crippen molar-refractivity contribution in [1.29, 1.82) is 0 Å². The van der Waals surface area contributed by atoms with E-state index in [4.69, 9.17) is 11.6 Å². The Kier molecular flexibility index (Phi) is 4.04. The molecule has 0 saturated heterocycles. The minimum Gasteiger partial charge on any atom is -0.321 e. The molecule has 6 heteroatoms. The standard InChI is InChI=1S/C9H7BrClF2NO/c1-4(11)9(15)14-8-6(10)2-5(12)3-7(8)13/h2-4H,1H3,(H,14,15)/t4-/m0/s1. The third-order valence-electron chi connectivity index (χ3n) is 1.62. The Morgan fingerprint density at radius 1 is 1.53 bits per heavy atom. The van der Waals surface area contributed by atoms with Crippen LogP contribution in [0.15, 0.2) is 16.6 Å². The van der Waals surface area contributed by atoms with E-state index in [1.54, 1.807) is 0 Å². The van der Waals surface area contributed by atoms with Crippen molar-refractivity contribution in [2.24, 2.45) is 0 Å². The van der Waals surface area contributed by atoms with Crippen LogP contribution in [0, 0.1) is 11.6 Å². The van der Waals surface area contributed by atoms with Gasteiger partial charge in [-0.2, -0.15) is 0 Å². The van der Waals surface area contributed by atoms with Crippen molar-refractivity contribution in [1.82, 2.24) is 0 Å². The molecular formula is C9H7BrClF2NO. The summed E-state index contributed by atoms with van der Waals surface area (Å²) in [6.45, 7) is 1.45. The van der Waals surface area contributed by atoms with Gasteiger partial charge in [-0.15, -0.1) is 11.6 Å². The van der Waals surface area contributed by atoms with Crippen LogP contribution in [0.1, 0.15) is 6.92 Å². The predicted molar refractivity (Wildman–Crippen MR) is 58.0 cm³/mol. The van der Waals surface area contributed by atoms with Gasteiger partial charge in [0.2, 0.25) is 5.91 Å². The van der Waals surface area contributed by atoms with E-state index in [2.05, 4.69) is 21.2 Å². The highest BCUT2D eigenvalue weighted by atomic mass is 79.9. The largest absolute Gasteiger partial charge is 0.321 e. The van der Waals surface area contributed by atoms with E-state index in [0.29, 0.717) is 6.07 Å². The smallest absolute Gasteiger partial charge is 0.242 e. The highest BCUT2D eigenvalue weighted by Gasteiger charge is 2.15. The summed E-state index contributed by atoms with van der Waals surface area (Å²) in [4.78, 5) is 11.2. The summed E-state index contributed by atoms with van der Waals surface area (Å²) in [5.41, 5.74) is -0.117. The molecule has 1 N–H and O–H groups in total. The highest BCUT2D eigenvalue weighted by Crippen LogP contribution is 2.27. The molecule has 0 spiro atoms. The Morgan fingerprint density at radius 2 is 2.13 bits per heavy atom. The Morgan fingerprint density at radius 3 is 2.60 bits per heavy atom. The predicted octanol–water partition coefficient (Wildman–Crippen LogP) is 3.29. The summed E-state index contributed by atoms with van der Waals surface area (Å²) in [5.74, 6) is -2.13. The molecule has 1 atom stereocenters. The van der Waals surface area contributed by atoms with Crippen molar-refractivity contribution >= 4 is 39.1 Å². The molecule has 0 heterocycles. The molecule has 1 aromatic carbocycles. The Bertz CT molecular complexity index is 375. The van der Waals surface area contributed by atoms with Crippen LogP contribution in [0.25, 0.3) is 0 Å². The summed E-state index contributed by atoms with van der Waals surface area (Å²) in [6.07, 6.45) is 0. The molecule has 82 valence electrons. The first-order chi connectivity index (χ1) is 6.91. The lowest BCUT2D eigenvalue weighted by Crippen LogP contribution is -2.21.